The molecule has 0 aromatic heterocycles. The van der Waals surface area contributed by atoms with Crippen LogP contribution < -0.4 is 5.32 Å². The topological polar surface area (TPSA) is 30.5 Å². The molecule has 0 aromatic rings. The van der Waals surface area contributed by atoms with E-state index < -0.39 is 9.28 Å². The minimum absolute atomic E-state index is 0.410. The molecule has 3 nitrogen and oxygen atoms in total. The van der Waals surface area contributed by atoms with Gasteiger partial charge in [-0.3, -0.25) is 0 Å². The van der Waals surface area contributed by atoms with Crippen LogP contribution in [-0.2, 0) is 8.85 Å². The van der Waals surface area contributed by atoms with Crippen LogP contribution in [-0.4, -0.2) is 35.2 Å². The molecular formula is C10H23NO2Si. The molecule has 0 amide bonds. The van der Waals surface area contributed by atoms with Gasteiger partial charge in [0.15, 0.2) is 0 Å². The van der Waals surface area contributed by atoms with Gasteiger partial charge in [0, 0.05) is 25.9 Å². The number of hydrogen-bond donors (Lipinski definition) is 1. The van der Waals surface area contributed by atoms with E-state index in [2.05, 4.69) is 12.2 Å². The van der Waals surface area contributed by atoms with Crippen LogP contribution in [0, 0.1) is 0 Å². The zero-order valence-corrected chi connectivity index (χ0v) is 10.7. The van der Waals surface area contributed by atoms with Crippen molar-refractivity contribution in [1.29, 1.82) is 0 Å². The Hall–Kier alpha value is 0.0969. The van der Waals surface area contributed by atoms with Crippen LogP contribution in [0.2, 0.25) is 0 Å². The Balaban J connectivity index is 2.26. The Morgan fingerprint density at radius 1 is 1.14 bits per heavy atom. The third-order valence-electron chi connectivity index (χ3n) is 2.98. The number of nitrogens with one attached hydrogen (secondary N) is 1. The Labute approximate surface area is 89.0 Å². The first-order valence-electron chi connectivity index (χ1n) is 5.59. The van der Waals surface area contributed by atoms with Crippen molar-refractivity contribution >= 4 is 9.28 Å². The molecule has 1 unspecified atom stereocenters. The molecule has 14 heavy (non-hydrogen) atoms. The first-order valence-corrected chi connectivity index (χ1v) is 7.20. The fourth-order valence-corrected chi connectivity index (χ4v) is 3.66. The van der Waals surface area contributed by atoms with E-state index in [-0.39, 0.29) is 0 Å². The van der Waals surface area contributed by atoms with E-state index in [1.807, 2.05) is 0 Å². The average molecular weight is 217 g/mol. The predicted molar refractivity (Wildman–Crippen MR) is 60.6 cm³/mol. The van der Waals surface area contributed by atoms with Crippen molar-refractivity contribution in [1.82, 2.24) is 5.32 Å². The summed E-state index contributed by atoms with van der Waals surface area (Å²) in [5.74, 6) is 0. The molecule has 0 bridgehead atoms. The fourth-order valence-electron chi connectivity index (χ4n) is 2.22. The molecule has 1 fully saturated rings. The molecule has 1 atom stereocenters. The molecule has 1 rings (SSSR count). The highest BCUT2D eigenvalue weighted by Crippen LogP contribution is 2.18. The summed E-state index contributed by atoms with van der Waals surface area (Å²) in [6, 6.07) is 0.694. The van der Waals surface area contributed by atoms with Crippen LogP contribution >= 0.6 is 0 Å². The highest BCUT2D eigenvalue weighted by Gasteiger charge is 2.23. The van der Waals surface area contributed by atoms with E-state index in [0.29, 0.717) is 11.7 Å². The normalized spacial score (nSPS) is 21.4. The molecule has 0 heterocycles. The summed E-state index contributed by atoms with van der Waals surface area (Å²) in [4.78, 5) is 0. The number of hydrogen-bond acceptors (Lipinski definition) is 3. The molecule has 0 aromatic carbocycles. The molecule has 84 valence electrons. The van der Waals surface area contributed by atoms with E-state index in [1.165, 1.54) is 32.1 Å². The Bertz CT molecular complexity index is 147. The van der Waals surface area contributed by atoms with Gasteiger partial charge >= 0.3 is 9.28 Å². The van der Waals surface area contributed by atoms with Gasteiger partial charge in [0.1, 0.15) is 0 Å². The van der Waals surface area contributed by atoms with Gasteiger partial charge in [-0.2, -0.15) is 0 Å². The van der Waals surface area contributed by atoms with Crippen LogP contribution in [0.1, 0.15) is 39.0 Å². The minimum Gasteiger partial charge on any atom is -0.399 e. The van der Waals surface area contributed by atoms with Crippen molar-refractivity contribution in [3.8, 4) is 0 Å². The van der Waals surface area contributed by atoms with Crippen molar-refractivity contribution in [2.75, 3.05) is 14.2 Å². The maximum atomic E-state index is 5.36. The third kappa shape index (κ3) is 3.69. The lowest BCUT2D eigenvalue weighted by Crippen LogP contribution is -2.48. The standard InChI is InChI=1S/C10H23NO2Si/c1-9(14(12-2)13-3)11-10-7-5-4-6-8-10/h9-11,14H,4-8H2,1-3H3. The smallest absolute Gasteiger partial charge is 0.338 e. The van der Waals surface area contributed by atoms with E-state index in [4.69, 9.17) is 8.85 Å². The van der Waals surface area contributed by atoms with E-state index in [1.54, 1.807) is 14.2 Å². The average Bonchev–Trinajstić information content (AvgIpc) is 2.21. The van der Waals surface area contributed by atoms with Crippen molar-refractivity contribution in [3.05, 3.63) is 0 Å². The summed E-state index contributed by atoms with van der Waals surface area (Å²) in [5, 5.41) is 3.63. The second kappa shape index (κ2) is 6.56. The van der Waals surface area contributed by atoms with E-state index in [0.717, 1.165) is 0 Å². The Morgan fingerprint density at radius 2 is 1.71 bits per heavy atom. The van der Waals surface area contributed by atoms with Gasteiger partial charge in [-0.15, -0.1) is 0 Å². The maximum absolute atomic E-state index is 5.36. The molecule has 0 saturated heterocycles. The van der Waals surface area contributed by atoms with Crippen molar-refractivity contribution in [2.45, 2.75) is 50.7 Å². The molecule has 1 N–H and O–H groups in total. The predicted octanol–water partition coefficient (Wildman–Crippen LogP) is 1.35. The van der Waals surface area contributed by atoms with Gasteiger partial charge in [-0.1, -0.05) is 19.3 Å². The SMILES string of the molecule is CO[SiH](OC)C(C)NC1CCCCC1. The van der Waals surface area contributed by atoms with E-state index in [9.17, 15) is 0 Å². The number of rotatable bonds is 5. The second-order valence-corrected chi connectivity index (χ2v) is 6.81. The molecule has 4 heteroatoms. The van der Waals surface area contributed by atoms with Gasteiger partial charge < -0.3 is 14.2 Å². The lowest BCUT2D eigenvalue weighted by molar-refractivity contribution is 0.251. The highest BCUT2D eigenvalue weighted by molar-refractivity contribution is 6.46. The van der Waals surface area contributed by atoms with Gasteiger partial charge in [0.25, 0.3) is 0 Å². The van der Waals surface area contributed by atoms with Crippen LogP contribution in [0.4, 0.5) is 0 Å². The van der Waals surface area contributed by atoms with E-state index >= 15 is 0 Å². The summed E-state index contributed by atoms with van der Waals surface area (Å²) in [7, 11) is 2.03. The Morgan fingerprint density at radius 3 is 2.21 bits per heavy atom. The largest absolute Gasteiger partial charge is 0.399 e. The molecule has 1 aliphatic carbocycles. The third-order valence-corrected chi connectivity index (χ3v) is 4.91. The Kier molecular flexibility index (Phi) is 5.70. The molecule has 1 aliphatic rings. The molecule has 0 radical (unpaired) electrons. The van der Waals surface area contributed by atoms with Crippen molar-refractivity contribution in [3.63, 3.8) is 0 Å². The highest BCUT2D eigenvalue weighted by atomic mass is 28.3. The fraction of sp³-hybridized carbons (Fsp3) is 1.00. The quantitative estimate of drug-likeness (QED) is 0.705. The summed E-state index contributed by atoms with van der Waals surface area (Å²) in [6.07, 6.45) is 6.78. The molecule has 0 aliphatic heterocycles. The van der Waals surface area contributed by atoms with Gasteiger partial charge in [-0.05, 0) is 19.8 Å². The molecule has 0 spiro atoms. The zero-order chi connectivity index (χ0) is 10.4. The van der Waals surface area contributed by atoms with Gasteiger partial charge in [0.05, 0.1) is 0 Å². The first-order chi connectivity index (χ1) is 6.77. The molecular weight excluding hydrogens is 194 g/mol. The van der Waals surface area contributed by atoms with Gasteiger partial charge in [0.2, 0.25) is 0 Å². The van der Waals surface area contributed by atoms with Crippen LogP contribution in [0.15, 0.2) is 0 Å². The first kappa shape index (κ1) is 12.2. The summed E-state index contributed by atoms with van der Waals surface area (Å²) >= 11 is 0. The van der Waals surface area contributed by atoms with Crippen LogP contribution in [0.3, 0.4) is 0 Å². The monoisotopic (exact) mass is 217 g/mol. The zero-order valence-electron chi connectivity index (χ0n) is 9.58. The van der Waals surface area contributed by atoms with Crippen molar-refractivity contribution < 1.29 is 8.85 Å². The lowest BCUT2D eigenvalue weighted by atomic mass is 9.96. The molecule has 1 saturated carbocycles. The second-order valence-electron chi connectivity index (χ2n) is 4.13. The maximum Gasteiger partial charge on any atom is 0.338 e. The lowest BCUT2D eigenvalue weighted by Gasteiger charge is -2.28. The van der Waals surface area contributed by atoms with Crippen LogP contribution in [0.5, 0.6) is 0 Å². The van der Waals surface area contributed by atoms with Crippen LogP contribution in [0.25, 0.3) is 0 Å². The summed E-state index contributed by atoms with van der Waals surface area (Å²) < 4.78 is 10.7. The summed E-state index contributed by atoms with van der Waals surface area (Å²) in [6.45, 7) is 2.18. The van der Waals surface area contributed by atoms with Gasteiger partial charge in [-0.25, -0.2) is 0 Å². The summed E-state index contributed by atoms with van der Waals surface area (Å²) in [5.41, 5.74) is 0.410. The minimum atomic E-state index is -1.47. The van der Waals surface area contributed by atoms with Crippen molar-refractivity contribution in [2.24, 2.45) is 0 Å².